The number of nitrogens with zero attached hydrogens (tertiary/aromatic N) is 5. The quantitative estimate of drug-likeness (QED) is 0.648. The fourth-order valence-corrected chi connectivity index (χ4v) is 6.45. The molecule has 1 aliphatic carbocycles. The van der Waals surface area contributed by atoms with E-state index in [9.17, 15) is 9.50 Å². The molecule has 1 saturated carbocycles. The van der Waals surface area contributed by atoms with Crippen molar-refractivity contribution in [2.75, 3.05) is 50.9 Å². The molecule has 3 saturated heterocycles. The molecule has 11 heteroatoms. The summed E-state index contributed by atoms with van der Waals surface area (Å²) in [5.74, 6) is -0.220. The highest BCUT2D eigenvalue weighted by atomic mass is 35.5. The first-order chi connectivity index (χ1) is 16.4. The third-order valence-electron chi connectivity index (χ3n) is 7.91. The van der Waals surface area contributed by atoms with Gasteiger partial charge < -0.3 is 19.5 Å². The van der Waals surface area contributed by atoms with Gasteiger partial charge in [0.15, 0.2) is 11.0 Å². The summed E-state index contributed by atoms with van der Waals surface area (Å²) < 4.78 is 41.1. The van der Waals surface area contributed by atoms with Crippen LogP contribution < -0.4 is 9.64 Å². The van der Waals surface area contributed by atoms with Gasteiger partial charge in [-0.25, -0.2) is 13.8 Å². The van der Waals surface area contributed by atoms with Crippen molar-refractivity contribution in [2.24, 2.45) is 5.41 Å². The van der Waals surface area contributed by atoms with Crippen molar-refractivity contribution < 1.29 is 23.4 Å². The first-order valence-electron chi connectivity index (χ1n) is 11.9. The molecule has 0 radical (unpaired) electrons. The molecule has 2 aromatic rings. The molecule has 2 atom stereocenters. The van der Waals surface area contributed by atoms with Gasteiger partial charge in [0.05, 0.1) is 30.2 Å². The molecule has 2 aromatic heterocycles. The number of aliphatic hydroxyl groups is 1. The maximum Gasteiger partial charge on any atom is 0.319 e. The lowest BCUT2D eigenvalue weighted by molar-refractivity contribution is -0.0679. The summed E-state index contributed by atoms with van der Waals surface area (Å²) in [6, 6.07) is 0.0417. The van der Waals surface area contributed by atoms with E-state index in [1.54, 1.807) is 0 Å². The van der Waals surface area contributed by atoms with Gasteiger partial charge in [-0.1, -0.05) is 11.6 Å². The van der Waals surface area contributed by atoms with Crippen LogP contribution in [0.4, 0.5) is 14.6 Å². The minimum absolute atomic E-state index is 0.0417. The number of alkyl halides is 1. The molecule has 0 unspecified atom stereocenters. The minimum atomic E-state index is -0.870. The zero-order valence-corrected chi connectivity index (χ0v) is 19.6. The van der Waals surface area contributed by atoms with Gasteiger partial charge in [-0.15, -0.1) is 0 Å². The molecule has 5 heterocycles. The molecule has 1 spiro atoms. The fourth-order valence-electron chi connectivity index (χ4n) is 6.31. The molecule has 4 fully saturated rings. The van der Waals surface area contributed by atoms with Gasteiger partial charge in [0.2, 0.25) is 0 Å². The van der Waals surface area contributed by atoms with Crippen LogP contribution in [0.15, 0.2) is 6.20 Å². The summed E-state index contributed by atoms with van der Waals surface area (Å²) in [5, 5.41) is 10.1. The van der Waals surface area contributed by atoms with Gasteiger partial charge in [-0.2, -0.15) is 9.97 Å². The van der Waals surface area contributed by atoms with Crippen LogP contribution in [0.3, 0.4) is 0 Å². The second-order valence-electron chi connectivity index (χ2n) is 10.4. The second-order valence-corrected chi connectivity index (χ2v) is 10.7. The van der Waals surface area contributed by atoms with Crippen molar-refractivity contribution in [3.05, 3.63) is 17.2 Å². The third-order valence-corrected chi connectivity index (χ3v) is 8.17. The number of ether oxygens (including phenoxy) is 2. The topological polar surface area (TPSA) is 83.8 Å². The van der Waals surface area contributed by atoms with Crippen LogP contribution in [0.1, 0.15) is 32.1 Å². The number of aromatic nitrogens is 3. The standard InChI is InChI=1S/C23H28ClF2N5O3/c24-19-17(26)18-16(9-27-19)20(30-4-5-33-12-22(11-30)7-15(32)8-22)29-21(28-18)34-13-23-2-1-3-31(23)10-14(25)6-23/h9,14-15,32H,1-8,10-13H2/t14-,15?,22?,23+/m1/s1. The number of hydrogen-bond acceptors (Lipinski definition) is 8. The van der Waals surface area contributed by atoms with E-state index in [0.717, 1.165) is 19.4 Å². The van der Waals surface area contributed by atoms with E-state index < -0.39 is 12.0 Å². The SMILES string of the molecule is OC1CC2(COCCN(c3nc(OC[C@@]45CCCN4C[C@H](F)C5)nc4c(F)c(Cl)ncc34)C2)C1. The number of fused-ring (bicyclic) bond motifs is 2. The Kier molecular flexibility index (Phi) is 5.55. The molecule has 0 amide bonds. The van der Waals surface area contributed by atoms with Crippen molar-refractivity contribution in [1.82, 2.24) is 19.9 Å². The van der Waals surface area contributed by atoms with Gasteiger partial charge in [0, 0.05) is 37.7 Å². The normalized spacial score (nSPS) is 33.8. The van der Waals surface area contributed by atoms with Crippen molar-refractivity contribution >= 4 is 28.3 Å². The minimum Gasteiger partial charge on any atom is -0.461 e. The molecule has 0 aromatic carbocycles. The summed E-state index contributed by atoms with van der Waals surface area (Å²) in [4.78, 5) is 17.2. The van der Waals surface area contributed by atoms with Crippen LogP contribution >= 0.6 is 11.6 Å². The molecule has 184 valence electrons. The monoisotopic (exact) mass is 495 g/mol. The van der Waals surface area contributed by atoms with Crippen LogP contribution in [-0.4, -0.2) is 88.8 Å². The van der Waals surface area contributed by atoms with Crippen molar-refractivity contribution in [2.45, 2.75) is 49.9 Å². The number of anilines is 1. The fraction of sp³-hybridized carbons (Fsp3) is 0.696. The first-order valence-corrected chi connectivity index (χ1v) is 12.3. The number of rotatable bonds is 4. The maximum absolute atomic E-state index is 15.0. The average Bonchev–Trinajstić information content (AvgIpc) is 3.21. The molecule has 1 N–H and O–H groups in total. The van der Waals surface area contributed by atoms with E-state index >= 15 is 4.39 Å². The largest absolute Gasteiger partial charge is 0.461 e. The Labute approximate surface area is 201 Å². The van der Waals surface area contributed by atoms with Crippen molar-refractivity contribution in [3.8, 4) is 6.01 Å². The van der Waals surface area contributed by atoms with E-state index in [0.29, 0.717) is 63.3 Å². The highest BCUT2D eigenvalue weighted by molar-refractivity contribution is 6.30. The molecular weight excluding hydrogens is 468 g/mol. The Morgan fingerprint density at radius 1 is 1.26 bits per heavy atom. The smallest absolute Gasteiger partial charge is 0.319 e. The third kappa shape index (κ3) is 3.79. The van der Waals surface area contributed by atoms with Gasteiger partial charge in [0.25, 0.3) is 0 Å². The number of pyridine rings is 1. The zero-order chi connectivity index (χ0) is 23.5. The lowest BCUT2D eigenvalue weighted by atomic mass is 9.67. The van der Waals surface area contributed by atoms with E-state index in [2.05, 4.69) is 19.9 Å². The van der Waals surface area contributed by atoms with E-state index in [1.807, 2.05) is 4.90 Å². The van der Waals surface area contributed by atoms with Gasteiger partial charge in [0.1, 0.15) is 24.1 Å². The Balaban J connectivity index is 1.35. The molecule has 6 rings (SSSR count). The summed E-state index contributed by atoms with van der Waals surface area (Å²) in [5.41, 5.74) is -0.492. The highest BCUT2D eigenvalue weighted by Crippen LogP contribution is 2.45. The maximum atomic E-state index is 15.0. The van der Waals surface area contributed by atoms with Crippen molar-refractivity contribution in [3.63, 3.8) is 0 Å². The number of halogens is 3. The van der Waals surface area contributed by atoms with Crippen LogP contribution in [0.5, 0.6) is 6.01 Å². The highest BCUT2D eigenvalue weighted by Gasteiger charge is 2.50. The molecule has 0 bridgehead atoms. The Bertz CT molecular complexity index is 1100. The van der Waals surface area contributed by atoms with Gasteiger partial charge >= 0.3 is 6.01 Å². The van der Waals surface area contributed by atoms with E-state index in [1.165, 1.54) is 6.20 Å². The predicted molar refractivity (Wildman–Crippen MR) is 122 cm³/mol. The lowest BCUT2D eigenvalue weighted by Crippen LogP contribution is -2.50. The summed E-state index contributed by atoms with van der Waals surface area (Å²) >= 11 is 5.97. The molecule has 4 aliphatic rings. The summed E-state index contributed by atoms with van der Waals surface area (Å²) in [6.45, 7) is 3.73. The van der Waals surface area contributed by atoms with Gasteiger partial charge in [-0.05, 0) is 32.2 Å². The Morgan fingerprint density at radius 3 is 2.94 bits per heavy atom. The first kappa shape index (κ1) is 22.6. The molecule has 8 nitrogen and oxygen atoms in total. The van der Waals surface area contributed by atoms with Crippen molar-refractivity contribution in [1.29, 1.82) is 0 Å². The van der Waals surface area contributed by atoms with Crippen LogP contribution in [0, 0.1) is 11.2 Å². The lowest BCUT2D eigenvalue weighted by Gasteiger charge is -2.46. The van der Waals surface area contributed by atoms with E-state index in [4.69, 9.17) is 21.1 Å². The number of aliphatic hydroxyl groups excluding tert-OH is 1. The molecule has 34 heavy (non-hydrogen) atoms. The average molecular weight is 496 g/mol. The van der Waals surface area contributed by atoms with Crippen LogP contribution in [0.2, 0.25) is 5.15 Å². The second kappa shape index (κ2) is 8.36. The number of hydrogen-bond donors (Lipinski definition) is 1. The Hall–Kier alpha value is -1.88. The summed E-state index contributed by atoms with van der Waals surface area (Å²) in [6.07, 6.45) is 3.85. The summed E-state index contributed by atoms with van der Waals surface area (Å²) in [7, 11) is 0. The van der Waals surface area contributed by atoms with E-state index in [-0.39, 0.29) is 40.3 Å². The Morgan fingerprint density at radius 2 is 2.12 bits per heavy atom. The zero-order valence-electron chi connectivity index (χ0n) is 18.9. The van der Waals surface area contributed by atoms with Crippen LogP contribution in [0.25, 0.3) is 10.9 Å². The predicted octanol–water partition coefficient (Wildman–Crippen LogP) is 2.75. The van der Waals surface area contributed by atoms with Gasteiger partial charge in [-0.3, -0.25) is 4.90 Å². The van der Waals surface area contributed by atoms with Crippen LogP contribution in [-0.2, 0) is 4.74 Å². The molecular formula is C23H28ClF2N5O3. The molecule has 3 aliphatic heterocycles.